The zero-order chi connectivity index (χ0) is 31.5. The predicted octanol–water partition coefficient (Wildman–Crippen LogP) is 8.24. The molecule has 4 aromatic carbocycles. The van der Waals surface area contributed by atoms with Crippen molar-refractivity contribution in [2.75, 3.05) is 11.5 Å². The summed E-state index contributed by atoms with van der Waals surface area (Å²) >= 11 is 2.68. The molecule has 0 saturated carbocycles. The van der Waals surface area contributed by atoms with Gasteiger partial charge in [-0.25, -0.2) is 4.39 Å². The van der Waals surface area contributed by atoms with Crippen molar-refractivity contribution in [3.63, 3.8) is 0 Å². The Kier molecular flexibility index (Phi) is 8.95. The van der Waals surface area contributed by atoms with Crippen molar-refractivity contribution in [3.05, 3.63) is 119 Å². The Morgan fingerprint density at radius 1 is 1.02 bits per heavy atom. The van der Waals surface area contributed by atoms with E-state index in [1.807, 2.05) is 18.2 Å². The minimum atomic E-state index is -1.01. The number of aliphatic hydroxyl groups excluding tert-OH is 1. The maximum Gasteiger partial charge on any atom is 0.301 e. The molecule has 0 radical (unpaired) electrons. The second-order valence-corrected chi connectivity index (χ2v) is 12.9. The zero-order valence-corrected chi connectivity index (χ0v) is 26.3. The van der Waals surface area contributed by atoms with Gasteiger partial charge in [0.2, 0.25) is 5.13 Å². The molecule has 0 aliphatic carbocycles. The third-order valence-electron chi connectivity index (χ3n) is 7.69. The van der Waals surface area contributed by atoms with Crippen LogP contribution in [0.3, 0.4) is 0 Å². The number of carbonyl (C=O) groups is 2. The number of ether oxygens (including phenoxy) is 1. The van der Waals surface area contributed by atoms with Gasteiger partial charge in [0.25, 0.3) is 5.78 Å². The summed E-state index contributed by atoms with van der Waals surface area (Å²) in [6, 6.07) is 24.5. The van der Waals surface area contributed by atoms with Crippen LogP contribution >= 0.6 is 23.1 Å². The Morgan fingerprint density at radius 3 is 2.58 bits per heavy atom. The van der Waals surface area contributed by atoms with Gasteiger partial charge in [0.05, 0.1) is 18.2 Å². The van der Waals surface area contributed by atoms with E-state index < -0.39 is 29.3 Å². The minimum Gasteiger partial charge on any atom is -0.507 e. The lowest BCUT2D eigenvalue weighted by molar-refractivity contribution is -0.132. The lowest BCUT2D eigenvalue weighted by atomic mass is 9.95. The van der Waals surface area contributed by atoms with E-state index in [9.17, 15) is 19.1 Å². The van der Waals surface area contributed by atoms with Crippen LogP contribution in [0.2, 0.25) is 0 Å². The van der Waals surface area contributed by atoms with Crippen molar-refractivity contribution < 1.29 is 23.8 Å². The largest absolute Gasteiger partial charge is 0.507 e. The van der Waals surface area contributed by atoms with Crippen LogP contribution in [0, 0.1) is 12.7 Å². The smallest absolute Gasteiger partial charge is 0.301 e. The summed E-state index contributed by atoms with van der Waals surface area (Å²) in [6.07, 6.45) is 1.91. The highest BCUT2D eigenvalue weighted by atomic mass is 32.2. The van der Waals surface area contributed by atoms with Gasteiger partial charge < -0.3 is 9.84 Å². The summed E-state index contributed by atoms with van der Waals surface area (Å²) in [5.41, 5.74) is 2.05. The maximum atomic E-state index is 14.5. The van der Waals surface area contributed by atoms with E-state index in [0.29, 0.717) is 33.6 Å². The standard InChI is InChI=1S/C35H30FN3O4S2/c1-3-4-18-43-26-16-14-23(15-17-26)30-29(31(40)24-13-12-21(2)28(36)19-24)32(41)33(42)39(30)34-37-38-35(45-34)44-20-25-10-7-9-22-8-5-6-11-27(22)25/h5-17,19,30,40H,3-4,18,20H2,1-2H3. The highest BCUT2D eigenvalue weighted by molar-refractivity contribution is 8.00. The predicted molar refractivity (Wildman–Crippen MR) is 176 cm³/mol. The van der Waals surface area contributed by atoms with E-state index in [-0.39, 0.29) is 16.3 Å². The van der Waals surface area contributed by atoms with Crippen molar-refractivity contribution >= 4 is 56.5 Å². The number of Topliss-reactive ketones (excluding diaryl/α,β-unsaturated/α-hetero) is 1. The molecule has 228 valence electrons. The number of hydrogen-bond donors (Lipinski definition) is 1. The Bertz CT molecular complexity index is 1920. The van der Waals surface area contributed by atoms with Crippen molar-refractivity contribution in [1.82, 2.24) is 10.2 Å². The topological polar surface area (TPSA) is 92.6 Å². The molecule has 1 saturated heterocycles. The van der Waals surface area contributed by atoms with Crippen LogP contribution < -0.4 is 9.64 Å². The van der Waals surface area contributed by atoms with Crippen LogP contribution in [0.25, 0.3) is 16.5 Å². The Morgan fingerprint density at radius 2 is 1.80 bits per heavy atom. The number of benzene rings is 4. The quantitative estimate of drug-likeness (QED) is 0.0411. The molecule has 45 heavy (non-hydrogen) atoms. The lowest BCUT2D eigenvalue weighted by Gasteiger charge is -2.22. The van der Waals surface area contributed by atoms with Gasteiger partial charge in [0.1, 0.15) is 17.3 Å². The number of aliphatic hydroxyl groups is 1. The van der Waals surface area contributed by atoms with E-state index in [4.69, 9.17) is 4.74 Å². The molecule has 1 unspecified atom stereocenters. The molecule has 1 amide bonds. The van der Waals surface area contributed by atoms with Crippen LogP contribution in [0.4, 0.5) is 9.52 Å². The average Bonchev–Trinajstić information content (AvgIpc) is 3.63. The number of unbranched alkanes of at least 4 members (excludes halogenated alkanes) is 1. The summed E-state index contributed by atoms with van der Waals surface area (Å²) < 4.78 is 20.9. The fraction of sp³-hybridized carbons (Fsp3) is 0.200. The number of anilines is 1. The van der Waals surface area contributed by atoms with Crippen LogP contribution in [0.15, 0.2) is 94.8 Å². The molecule has 1 N–H and O–H groups in total. The van der Waals surface area contributed by atoms with Crippen molar-refractivity contribution in [1.29, 1.82) is 0 Å². The third-order valence-corrected chi connectivity index (χ3v) is 9.79. The number of aromatic nitrogens is 2. The number of thioether (sulfide) groups is 1. The summed E-state index contributed by atoms with van der Waals surface area (Å²) in [5.74, 6) is -1.45. The first-order chi connectivity index (χ1) is 21.9. The number of ketones is 1. The van der Waals surface area contributed by atoms with Crippen LogP contribution in [-0.2, 0) is 15.3 Å². The first kappa shape index (κ1) is 30.5. The van der Waals surface area contributed by atoms with Gasteiger partial charge in [-0.3, -0.25) is 14.5 Å². The van der Waals surface area contributed by atoms with Gasteiger partial charge >= 0.3 is 5.91 Å². The number of nitrogens with zero attached hydrogens (tertiary/aromatic N) is 3. The third kappa shape index (κ3) is 6.21. The van der Waals surface area contributed by atoms with Crippen LogP contribution in [0.1, 0.15) is 48.1 Å². The summed E-state index contributed by atoms with van der Waals surface area (Å²) in [4.78, 5) is 28.4. The number of carbonyl (C=O) groups excluding carboxylic acids is 2. The maximum absolute atomic E-state index is 14.5. The number of fused-ring (bicyclic) bond motifs is 1. The average molecular weight is 640 g/mol. The van der Waals surface area contributed by atoms with E-state index in [1.54, 1.807) is 31.2 Å². The highest BCUT2D eigenvalue weighted by Gasteiger charge is 2.48. The number of amides is 1. The Balaban J connectivity index is 1.35. The van der Waals surface area contributed by atoms with Crippen LogP contribution in [-0.4, -0.2) is 33.6 Å². The SMILES string of the molecule is CCCCOc1ccc(C2C(=C(O)c3ccc(C)c(F)c3)C(=O)C(=O)N2c2nnc(SCc3cccc4ccccc34)s2)cc1. The molecule has 2 heterocycles. The summed E-state index contributed by atoms with van der Waals surface area (Å²) in [5, 5.41) is 22.5. The van der Waals surface area contributed by atoms with Gasteiger partial charge in [0, 0.05) is 11.3 Å². The lowest BCUT2D eigenvalue weighted by Crippen LogP contribution is -2.29. The van der Waals surface area contributed by atoms with Gasteiger partial charge in [-0.15, -0.1) is 10.2 Å². The molecule has 6 rings (SSSR count). The molecule has 0 bridgehead atoms. The number of aryl methyl sites for hydroxylation is 1. The van der Waals surface area contributed by atoms with E-state index in [1.165, 1.54) is 40.1 Å². The molecule has 7 nitrogen and oxygen atoms in total. The van der Waals surface area contributed by atoms with Crippen molar-refractivity contribution in [3.8, 4) is 5.75 Å². The number of rotatable bonds is 10. The second kappa shape index (κ2) is 13.2. The van der Waals surface area contributed by atoms with Crippen molar-refractivity contribution in [2.45, 2.75) is 42.8 Å². The Labute approximate surface area is 268 Å². The molecule has 1 aliphatic heterocycles. The summed E-state index contributed by atoms with van der Waals surface area (Å²) in [7, 11) is 0. The highest BCUT2D eigenvalue weighted by Crippen LogP contribution is 2.44. The first-order valence-electron chi connectivity index (χ1n) is 14.6. The van der Waals surface area contributed by atoms with Crippen LogP contribution in [0.5, 0.6) is 5.75 Å². The normalized spacial score (nSPS) is 16.1. The molecule has 5 aromatic rings. The molecule has 1 aromatic heterocycles. The summed E-state index contributed by atoms with van der Waals surface area (Å²) in [6.45, 7) is 4.25. The monoisotopic (exact) mass is 639 g/mol. The zero-order valence-electron chi connectivity index (χ0n) is 24.7. The fourth-order valence-electron chi connectivity index (χ4n) is 5.24. The van der Waals surface area contributed by atoms with Gasteiger partial charge in [-0.1, -0.05) is 103 Å². The molecule has 10 heteroatoms. The molecule has 1 atom stereocenters. The van der Waals surface area contributed by atoms with Gasteiger partial charge in [-0.2, -0.15) is 0 Å². The van der Waals surface area contributed by atoms with E-state index in [2.05, 4.69) is 41.4 Å². The Hall–Kier alpha value is -4.54. The van der Waals surface area contributed by atoms with Gasteiger partial charge in [0.15, 0.2) is 4.34 Å². The fourth-order valence-corrected chi connectivity index (χ4v) is 7.11. The van der Waals surface area contributed by atoms with E-state index in [0.717, 1.165) is 35.2 Å². The molecule has 1 aliphatic rings. The number of halogens is 1. The number of hydrogen-bond acceptors (Lipinski definition) is 8. The molecular weight excluding hydrogens is 610 g/mol. The molecule has 0 spiro atoms. The second-order valence-electron chi connectivity index (χ2n) is 10.7. The molecule has 1 fully saturated rings. The molecular formula is C35H30FN3O4S2. The minimum absolute atomic E-state index is 0.101. The first-order valence-corrected chi connectivity index (χ1v) is 16.4. The van der Waals surface area contributed by atoms with Crippen molar-refractivity contribution in [2.24, 2.45) is 0 Å². The van der Waals surface area contributed by atoms with E-state index >= 15 is 0 Å². The van der Waals surface area contributed by atoms with Gasteiger partial charge in [-0.05, 0) is 59.0 Å².